The lowest BCUT2D eigenvalue weighted by atomic mass is 9.85. The normalized spacial score (nSPS) is 29.1. The highest BCUT2D eigenvalue weighted by atomic mass is 32.1. The van der Waals surface area contributed by atoms with Crippen LogP contribution < -0.4 is 5.32 Å². The van der Waals surface area contributed by atoms with Crippen LogP contribution in [0.3, 0.4) is 0 Å². The smallest absolute Gasteiger partial charge is 0.113 e. The van der Waals surface area contributed by atoms with Gasteiger partial charge in [0.05, 0.1) is 17.8 Å². The Morgan fingerprint density at radius 1 is 1.25 bits per heavy atom. The molecule has 2 aliphatic carbocycles. The number of aromatic nitrogens is 1. The van der Waals surface area contributed by atoms with Crippen molar-refractivity contribution in [3.8, 4) is 0 Å². The van der Waals surface area contributed by atoms with Gasteiger partial charge in [0.2, 0.25) is 0 Å². The van der Waals surface area contributed by atoms with Crippen molar-refractivity contribution in [3.63, 3.8) is 0 Å². The third kappa shape index (κ3) is 2.32. The maximum absolute atomic E-state index is 5.67. The zero-order valence-electron chi connectivity index (χ0n) is 12.3. The predicted molar refractivity (Wildman–Crippen MR) is 81.2 cm³/mol. The number of hydrogen-bond acceptors (Lipinski definition) is 4. The lowest BCUT2D eigenvalue weighted by Crippen LogP contribution is -2.47. The van der Waals surface area contributed by atoms with Crippen molar-refractivity contribution in [3.05, 3.63) is 15.6 Å². The molecule has 1 aromatic rings. The molecule has 3 aliphatic rings. The van der Waals surface area contributed by atoms with Crippen molar-refractivity contribution < 1.29 is 4.74 Å². The Morgan fingerprint density at radius 2 is 2.10 bits per heavy atom. The van der Waals surface area contributed by atoms with Crippen LogP contribution in [-0.2, 0) is 23.1 Å². The molecule has 4 heteroatoms. The van der Waals surface area contributed by atoms with Crippen molar-refractivity contribution in [2.45, 2.75) is 63.5 Å². The fourth-order valence-corrected chi connectivity index (χ4v) is 4.91. The van der Waals surface area contributed by atoms with Crippen molar-refractivity contribution in [1.29, 1.82) is 0 Å². The number of aryl methyl sites for hydroxylation is 2. The van der Waals surface area contributed by atoms with E-state index in [1.54, 1.807) is 4.88 Å². The summed E-state index contributed by atoms with van der Waals surface area (Å²) in [5.41, 5.74) is 1.42. The van der Waals surface area contributed by atoms with Crippen LogP contribution in [0.5, 0.6) is 0 Å². The summed E-state index contributed by atoms with van der Waals surface area (Å²) in [6.45, 7) is 4.17. The van der Waals surface area contributed by atoms with Gasteiger partial charge in [0.25, 0.3) is 0 Å². The third-order valence-electron chi connectivity index (χ3n) is 5.12. The first kappa shape index (κ1) is 13.2. The highest BCUT2D eigenvalue weighted by molar-refractivity contribution is 7.11. The Hall–Kier alpha value is -0.450. The van der Waals surface area contributed by atoms with E-state index in [2.05, 4.69) is 12.2 Å². The van der Waals surface area contributed by atoms with E-state index in [4.69, 9.17) is 9.72 Å². The van der Waals surface area contributed by atoms with Crippen LogP contribution >= 0.6 is 11.3 Å². The predicted octanol–water partition coefficient (Wildman–Crippen LogP) is 3.03. The van der Waals surface area contributed by atoms with Crippen LogP contribution in [0.4, 0.5) is 0 Å². The van der Waals surface area contributed by atoms with Crippen LogP contribution in [0, 0.1) is 5.92 Å². The topological polar surface area (TPSA) is 34.2 Å². The molecule has 1 aromatic heterocycles. The number of ether oxygens (including phenoxy) is 1. The van der Waals surface area contributed by atoms with Crippen molar-refractivity contribution in [2.24, 2.45) is 5.92 Å². The summed E-state index contributed by atoms with van der Waals surface area (Å²) in [7, 11) is 0. The van der Waals surface area contributed by atoms with E-state index in [0.29, 0.717) is 12.0 Å². The average Bonchev–Trinajstić information content (AvgIpc) is 2.99. The van der Waals surface area contributed by atoms with Crippen LogP contribution in [0.2, 0.25) is 0 Å². The fraction of sp³-hybridized carbons (Fsp3) is 0.812. The summed E-state index contributed by atoms with van der Waals surface area (Å²) in [6.07, 6.45) is 8.91. The summed E-state index contributed by atoms with van der Waals surface area (Å²) in [4.78, 5) is 6.60. The van der Waals surface area contributed by atoms with Gasteiger partial charge in [-0.15, -0.1) is 11.3 Å². The van der Waals surface area contributed by atoms with Gasteiger partial charge in [0.1, 0.15) is 5.01 Å². The molecule has 0 spiro atoms. The number of thiazole rings is 1. The summed E-state index contributed by atoms with van der Waals surface area (Å²) < 4.78 is 5.67. The highest BCUT2D eigenvalue weighted by Crippen LogP contribution is 2.41. The Kier molecular flexibility index (Phi) is 3.36. The van der Waals surface area contributed by atoms with Gasteiger partial charge < -0.3 is 10.1 Å². The molecule has 20 heavy (non-hydrogen) atoms. The number of rotatable bonds is 4. The summed E-state index contributed by atoms with van der Waals surface area (Å²) >= 11 is 1.97. The zero-order valence-corrected chi connectivity index (χ0v) is 13.1. The second-order valence-electron chi connectivity index (χ2n) is 6.78. The Bertz CT molecular complexity index is 467. The first-order chi connectivity index (χ1) is 9.75. The minimum Gasteiger partial charge on any atom is -0.381 e. The van der Waals surface area contributed by atoms with E-state index in [1.807, 2.05) is 11.3 Å². The Balaban J connectivity index is 1.67. The first-order valence-corrected chi connectivity index (χ1v) is 8.92. The molecule has 1 aliphatic heterocycles. The monoisotopic (exact) mass is 292 g/mol. The molecule has 0 amide bonds. The van der Waals surface area contributed by atoms with E-state index < -0.39 is 0 Å². The molecule has 2 heterocycles. The van der Waals surface area contributed by atoms with E-state index in [0.717, 1.165) is 13.2 Å². The van der Waals surface area contributed by atoms with E-state index >= 15 is 0 Å². The van der Waals surface area contributed by atoms with E-state index in [9.17, 15) is 0 Å². The molecule has 2 atom stereocenters. The van der Waals surface area contributed by atoms with Gasteiger partial charge in [-0.05, 0) is 51.9 Å². The largest absolute Gasteiger partial charge is 0.381 e. The van der Waals surface area contributed by atoms with Gasteiger partial charge in [-0.3, -0.25) is 0 Å². The molecular formula is C16H24N2OS. The molecule has 1 saturated heterocycles. The maximum atomic E-state index is 5.67. The van der Waals surface area contributed by atoms with E-state index in [1.165, 1.54) is 55.6 Å². The minimum atomic E-state index is 0.0275. The van der Waals surface area contributed by atoms with Gasteiger partial charge in [-0.1, -0.05) is 0 Å². The van der Waals surface area contributed by atoms with Crippen molar-refractivity contribution >= 4 is 11.3 Å². The Morgan fingerprint density at radius 3 is 2.80 bits per heavy atom. The molecule has 4 rings (SSSR count). The second-order valence-corrected chi connectivity index (χ2v) is 7.86. The molecule has 2 unspecified atom stereocenters. The molecule has 3 nitrogen and oxygen atoms in total. The number of nitrogens with zero attached hydrogens (tertiary/aromatic N) is 1. The lowest BCUT2D eigenvalue weighted by molar-refractivity contribution is 0.151. The van der Waals surface area contributed by atoms with Gasteiger partial charge >= 0.3 is 0 Å². The third-order valence-corrected chi connectivity index (χ3v) is 6.51. The number of hydrogen-bond donors (Lipinski definition) is 1. The highest BCUT2D eigenvalue weighted by Gasteiger charge is 2.44. The molecule has 0 radical (unpaired) electrons. The lowest BCUT2D eigenvalue weighted by Gasteiger charge is -2.34. The quantitative estimate of drug-likeness (QED) is 0.926. The van der Waals surface area contributed by atoms with Gasteiger partial charge in [0.15, 0.2) is 0 Å². The summed E-state index contributed by atoms with van der Waals surface area (Å²) in [6, 6.07) is 0.710. The fourth-order valence-electron chi connectivity index (χ4n) is 3.57. The standard InChI is InChI=1S/C16H24N2OS/c1-16(18-12-6-7-12,11-8-9-19-10-11)15-17-13-4-2-3-5-14(13)20-15/h11-12,18H,2-10H2,1H3. The molecule has 0 bridgehead atoms. The molecule has 110 valence electrons. The number of fused-ring (bicyclic) bond motifs is 1. The van der Waals surface area contributed by atoms with E-state index in [-0.39, 0.29) is 5.54 Å². The molecule has 1 saturated carbocycles. The number of nitrogens with one attached hydrogen (secondary N) is 1. The molecule has 0 aromatic carbocycles. The second kappa shape index (κ2) is 5.08. The van der Waals surface area contributed by atoms with Crippen LogP contribution in [0.15, 0.2) is 0 Å². The Labute approximate surface area is 125 Å². The summed E-state index contributed by atoms with van der Waals surface area (Å²) in [5.74, 6) is 0.579. The van der Waals surface area contributed by atoms with Crippen molar-refractivity contribution in [1.82, 2.24) is 10.3 Å². The SMILES string of the molecule is CC(NC1CC1)(c1nc2c(s1)CCCC2)C1CCOC1. The van der Waals surface area contributed by atoms with Crippen LogP contribution in [0.25, 0.3) is 0 Å². The molecular weight excluding hydrogens is 268 g/mol. The average molecular weight is 292 g/mol. The maximum Gasteiger partial charge on any atom is 0.113 e. The molecule has 2 fully saturated rings. The van der Waals surface area contributed by atoms with Crippen LogP contribution in [0.1, 0.15) is 54.6 Å². The minimum absolute atomic E-state index is 0.0275. The molecule has 1 N–H and O–H groups in total. The van der Waals surface area contributed by atoms with Crippen LogP contribution in [-0.4, -0.2) is 24.2 Å². The first-order valence-electron chi connectivity index (χ1n) is 8.10. The van der Waals surface area contributed by atoms with Crippen molar-refractivity contribution in [2.75, 3.05) is 13.2 Å². The van der Waals surface area contributed by atoms with Gasteiger partial charge in [-0.25, -0.2) is 4.98 Å². The van der Waals surface area contributed by atoms with Gasteiger partial charge in [-0.2, -0.15) is 0 Å². The zero-order chi connectivity index (χ0) is 13.6. The summed E-state index contributed by atoms with van der Waals surface area (Å²) in [5, 5.41) is 5.23. The van der Waals surface area contributed by atoms with Gasteiger partial charge in [0, 0.05) is 23.4 Å².